The number of thiazole rings is 1. The van der Waals surface area contributed by atoms with E-state index in [1.165, 1.54) is 23.0 Å². The van der Waals surface area contributed by atoms with Crippen LogP contribution in [0.5, 0.6) is 17.2 Å². The van der Waals surface area contributed by atoms with Gasteiger partial charge in [0.1, 0.15) is 5.75 Å². The average molecular weight is 727 g/mol. The van der Waals surface area contributed by atoms with Gasteiger partial charge in [-0.1, -0.05) is 53.8 Å². The number of methoxy groups -OCH3 is 2. The molecule has 0 amide bonds. The molecule has 44 heavy (non-hydrogen) atoms. The number of ether oxygens (including phenoxy) is 4. The lowest BCUT2D eigenvalue weighted by Gasteiger charge is -2.26. The third-order valence-corrected chi connectivity index (χ3v) is 8.46. The van der Waals surface area contributed by atoms with Crippen LogP contribution in [0.3, 0.4) is 0 Å². The Labute approximate surface area is 269 Å². The third-order valence-electron chi connectivity index (χ3n) is 6.67. The summed E-state index contributed by atoms with van der Waals surface area (Å²) < 4.78 is 24.3. The molecule has 226 valence electrons. The standard InChI is InChI=1S/C32H27IN2O8S/c1-4-42-31(39)26-27(19-9-6-5-7-10-19)34-32-35(28(26)20-11-8-12-21(16-20)40-2)30(38)24(44-32)15-18-13-22(33)29(23(14-18)41-3)43-17-25(36)37/h5-16,28H,4,17H2,1-3H3,(H,36,37)/b24-15-/t28-/m1/s1. The minimum absolute atomic E-state index is 0.145. The predicted molar refractivity (Wildman–Crippen MR) is 173 cm³/mol. The number of nitrogens with zero attached hydrogens (tertiary/aromatic N) is 2. The SMILES string of the molecule is CCOC(=O)C1=C(c2ccccc2)N=c2s/c(=C\c3cc(I)c(OCC(=O)O)c(OC)c3)c(=O)n2[C@@H]1c1cccc(OC)c1. The number of hydrogen-bond donors (Lipinski definition) is 1. The molecule has 4 aromatic rings. The first-order valence-corrected chi connectivity index (χ1v) is 15.3. The molecular weight excluding hydrogens is 699 g/mol. The number of carbonyl (C=O) groups is 2. The second-order valence-corrected chi connectivity index (χ2v) is 11.6. The van der Waals surface area contributed by atoms with Crippen LogP contribution in [0.4, 0.5) is 0 Å². The predicted octanol–water partition coefficient (Wildman–Crippen LogP) is 4.02. The van der Waals surface area contributed by atoms with Crippen LogP contribution in [0.2, 0.25) is 0 Å². The normalized spacial score (nSPS) is 14.5. The average Bonchev–Trinajstić information content (AvgIpc) is 3.33. The second kappa shape index (κ2) is 13.5. The zero-order valence-electron chi connectivity index (χ0n) is 23.9. The maximum absolute atomic E-state index is 14.2. The van der Waals surface area contributed by atoms with E-state index in [0.717, 1.165) is 0 Å². The van der Waals surface area contributed by atoms with Crippen LogP contribution < -0.4 is 29.1 Å². The smallest absolute Gasteiger partial charge is 0.341 e. The van der Waals surface area contributed by atoms with Crippen molar-refractivity contribution >= 4 is 57.6 Å². The Morgan fingerprint density at radius 3 is 2.52 bits per heavy atom. The first-order valence-electron chi connectivity index (χ1n) is 13.4. The van der Waals surface area contributed by atoms with Crippen molar-refractivity contribution in [3.8, 4) is 17.2 Å². The second-order valence-electron chi connectivity index (χ2n) is 9.42. The summed E-state index contributed by atoms with van der Waals surface area (Å²) in [6.45, 7) is 1.34. The number of aliphatic carboxylic acids is 1. The molecule has 2 heterocycles. The highest BCUT2D eigenvalue weighted by Gasteiger charge is 2.35. The number of hydrogen-bond acceptors (Lipinski definition) is 9. The molecule has 1 atom stereocenters. The van der Waals surface area contributed by atoms with Gasteiger partial charge in [-0.15, -0.1) is 0 Å². The van der Waals surface area contributed by atoms with Gasteiger partial charge in [0.25, 0.3) is 5.56 Å². The summed E-state index contributed by atoms with van der Waals surface area (Å²) in [5, 5.41) is 9.04. The number of carboxylic acids is 1. The van der Waals surface area contributed by atoms with Gasteiger partial charge in [-0.2, -0.15) is 0 Å². The zero-order valence-corrected chi connectivity index (χ0v) is 26.9. The van der Waals surface area contributed by atoms with Gasteiger partial charge in [0, 0.05) is 5.56 Å². The lowest BCUT2D eigenvalue weighted by molar-refractivity contribution is -0.140. The van der Waals surface area contributed by atoms with E-state index in [2.05, 4.69) is 0 Å². The van der Waals surface area contributed by atoms with Crippen molar-refractivity contribution in [2.24, 2.45) is 4.99 Å². The number of esters is 1. The van der Waals surface area contributed by atoms with E-state index in [-0.39, 0.29) is 17.7 Å². The van der Waals surface area contributed by atoms with Crippen LogP contribution in [0.25, 0.3) is 11.8 Å². The molecule has 1 aliphatic rings. The van der Waals surface area contributed by atoms with Gasteiger partial charge < -0.3 is 24.1 Å². The minimum atomic E-state index is -1.12. The van der Waals surface area contributed by atoms with E-state index < -0.39 is 24.6 Å². The summed E-state index contributed by atoms with van der Waals surface area (Å²) >= 11 is 3.21. The maximum Gasteiger partial charge on any atom is 0.341 e. The number of carbonyl (C=O) groups excluding carboxylic acids is 1. The molecule has 5 rings (SSSR count). The number of halogens is 1. The summed E-state index contributed by atoms with van der Waals surface area (Å²) in [6.07, 6.45) is 1.70. The van der Waals surface area contributed by atoms with E-state index in [9.17, 15) is 14.4 Å². The fourth-order valence-electron chi connectivity index (χ4n) is 4.82. The van der Waals surface area contributed by atoms with Crippen LogP contribution >= 0.6 is 33.9 Å². The van der Waals surface area contributed by atoms with Gasteiger partial charge in [0.05, 0.1) is 46.2 Å². The Kier molecular flexibility index (Phi) is 9.49. The quantitative estimate of drug-likeness (QED) is 0.192. The van der Waals surface area contributed by atoms with Crippen LogP contribution in [0, 0.1) is 3.57 Å². The highest BCUT2D eigenvalue weighted by atomic mass is 127. The largest absolute Gasteiger partial charge is 0.497 e. The highest BCUT2D eigenvalue weighted by molar-refractivity contribution is 14.1. The molecule has 0 spiro atoms. The van der Waals surface area contributed by atoms with Crippen molar-refractivity contribution in [3.63, 3.8) is 0 Å². The van der Waals surface area contributed by atoms with E-state index in [0.29, 0.717) is 52.5 Å². The van der Waals surface area contributed by atoms with Crippen molar-refractivity contribution in [1.82, 2.24) is 4.57 Å². The molecule has 1 aromatic heterocycles. The van der Waals surface area contributed by atoms with Gasteiger partial charge in [0.2, 0.25) is 0 Å². The summed E-state index contributed by atoms with van der Waals surface area (Å²) in [4.78, 5) is 44.1. The molecule has 1 N–H and O–H groups in total. The monoisotopic (exact) mass is 726 g/mol. The molecule has 3 aromatic carbocycles. The molecular formula is C32H27IN2O8S. The molecule has 0 fully saturated rings. The molecule has 0 aliphatic carbocycles. The third kappa shape index (κ3) is 6.26. The zero-order chi connectivity index (χ0) is 31.4. The molecule has 0 saturated carbocycles. The number of carboxylic acid groups (broad SMARTS) is 1. The highest BCUT2D eigenvalue weighted by Crippen LogP contribution is 2.37. The van der Waals surface area contributed by atoms with Gasteiger partial charge in [0.15, 0.2) is 22.9 Å². The summed E-state index contributed by atoms with van der Waals surface area (Å²) in [5.41, 5.74) is 2.29. The number of fused-ring (bicyclic) bond motifs is 1. The molecule has 0 radical (unpaired) electrons. The minimum Gasteiger partial charge on any atom is -0.497 e. The number of benzene rings is 3. The van der Waals surface area contributed by atoms with Crippen molar-refractivity contribution in [1.29, 1.82) is 0 Å². The van der Waals surface area contributed by atoms with Crippen molar-refractivity contribution < 1.29 is 33.6 Å². The molecule has 1 aliphatic heterocycles. The van der Waals surface area contributed by atoms with Crippen LogP contribution in [-0.2, 0) is 14.3 Å². The van der Waals surface area contributed by atoms with E-state index in [1.54, 1.807) is 50.4 Å². The molecule has 12 heteroatoms. The van der Waals surface area contributed by atoms with Crippen molar-refractivity contribution in [2.45, 2.75) is 13.0 Å². The molecule has 0 bridgehead atoms. The lowest BCUT2D eigenvalue weighted by Crippen LogP contribution is -2.40. The maximum atomic E-state index is 14.2. The molecule has 0 unspecified atom stereocenters. The first kappa shape index (κ1) is 31.0. The fourth-order valence-corrected chi connectivity index (χ4v) is 6.60. The van der Waals surface area contributed by atoms with Crippen molar-refractivity contribution in [3.05, 3.63) is 112 Å². The first-order chi connectivity index (χ1) is 21.2. The van der Waals surface area contributed by atoms with Gasteiger partial charge in [-0.05, 0) is 71.0 Å². The summed E-state index contributed by atoms with van der Waals surface area (Å²) in [6, 6.07) is 19.1. The molecule has 0 saturated heterocycles. The van der Waals surface area contributed by atoms with Gasteiger partial charge in [-0.3, -0.25) is 9.36 Å². The topological polar surface area (TPSA) is 126 Å². The Morgan fingerprint density at radius 1 is 1.07 bits per heavy atom. The number of aromatic nitrogens is 1. The summed E-state index contributed by atoms with van der Waals surface area (Å²) in [7, 11) is 3.00. The van der Waals surface area contributed by atoms with Gasteiger partial charge in [-0.25, -0.2) is 14.6 Å². The fraction of sp³-hybridized carbons (Fsp3) is 0.188. The Balaban J connectivity index is 1.76. The van der Waals surface area contributed by atoms with Crippen molar-refractivity contribution in [2.75, 3.05) is 27.4 Å². The van der Waals surface area contributed by atoms with Crippen LogP contribution in [0.1, 0.15) is 29.7 Å². The number of rotatable bonds is 10. The Bertz CT molecular complexity index is 1950. The van der Waals surface area contributed by atoms with E-state index in [4.69, 9.17) is 29.0 Å². The van der Waals surface area contributed by atoms with Crippen LogP contribution in [0.15, 0.2) is 82.1 Å². The van der Waals surface area contributed by atoms with Gasteiger partial charge >= 0.3 is 11.9 Å². The molecule has 10 nitrogen and oxygen atoms in total. The Hall–Kier alpha value is -4.43. The Morgan fingerprint density at radius 2 is 1.84 bits per heavy atom. The van der Waals surface area contributed by atoms with Crippen LogP contribution in [-0.4, -0.2) is 49.0 Å². The lowest BCUT2D eigenvalue weighted by atomic mass is 9.93. The van der Waals surface area contributed by atoms with E-state index >= 15 is 0 Å². The summed E-state index contributed by atoms with van der Waals surface area (Å²) in [5.74, 6) is -0.511. The van der Waals surface area contributed by atoms with E-state index in [1.807, 2.05) is 59.0 Å².